The van der Waals surface area contributed by atoms with Crippen LogP contribution >= 0.6 is 0 Å². The highest BCUT2D eigenvalue weighted by atomic mass is 16.4. The van der Waals surface area contributed by atoms with Gasteiger partial charge in [0.2, 0.25) is 0 Å². The fraction of sp³-hybridized carbons (Fsp3) is 0.357. The molecule has 0 amide bonds. The lowest BCUT2D eigenvalue weighted by molar-refractivity contribution is 0.0690. The molecule has 0 bridgehead atoms. The second kappa shape index (κ2) is 5.42. The number of hydrogen-bond acceptors (Lipinski definition) is 4. The van der Waals surface area contributed by atoms with Crippen LogP contribution in [0.25, 0.3) is 0 Å². The van der Waals surface area contributed by atoms with Crippen LogP contribution in [-0.2, 0) is 6.42 Å². The molecule has 6 nitrogen and oxygen atoms in total. The zero-order valence-electron chi connectivity index (χ0n) is 11.0. The number of carboxylic acids is 1. The number of aromatic carboxylic acids is 1. The van der Waals surface area contributed by atoms with Crippen molar-refractivity contribution in [3.05, 3.63) is 47.8 Å². The van der Waals surface area contributed by atoms with Crippen LogP contribution in [0.4, 0.5) is 0 Å². The molecule has 20 heavy (non-hydrogen) atoms. The third kappa shape index (κ3) is 2.70. The largest absolute Gasteiger partial charge is 0.476 e. The highest BCUT2D eigenvalue weighted by molar-refractivity contribution is 5.84. The fourth-order valence-electron chi connectivity index (χ4n) is 2.38. The first-order chi connectivity index (χ1) is 9.72. The van der Waals surface area contributed by atoms with Crippen LogP contribution in [0, 0.1) is 0 Å². The maximum atomic E-state index is 10.7. The van der Waals surface area contributed by atoms with Gasteiger partial charge in [0.25, 0.3) is 0 Å². The van der Waals surface area contributed by atoms with Crippen LogP contribution < -0.4 is 0 Å². The van der Waals surface area contributed by atoms with Gasteiger partial charge >= 0.3 is 5.97 Å². The van der Waals surface area contributed by atoms with Gasteiger partial charge in [0, 0.05) is 19.6 Å². The summed E-state index contributed by atoms with van der Waals surface area (Å²) in [6.07, 6.45) is 2.53. The molecule has 1 aliphatic rings. The van der Waals surface area contributed by atoms with Gasteiger partial charge in [-0.25, -0.2) is 9.48 Å². The number of carbonyl (C=O) groups is 1. The predicted molar refractivity (Wildman–Crippen MR) is 72.6 cm³/mol. The molecule has 1 saturated heterocycles. The summed E-state index contributed by atoms with van der Waals surface area (Å²) >= 11 is 0. The second-order valence-corrected chi connectivity index (χ2v) is 5.04. The van der Waals surface area contributed by atoms with Crippen molar-refractivity contribution < 1.29 is 9.90 Å². The summed E-state index contributed by atoms with van der Waals surface area (Å²) in [7, 11) is 0. The van der Waals surface area contributed by atoms with E-state index in [0.717, 1.165) is 26.1 Å². The minimum absolute atomic E-state index is 0.00716. The normalized spacial score (nSPS) is 16.0. The Labute approximate surface area is 116 Å². The quantitative estimate of drug-likeness (QED) is 0.881. The van der Waals surface area contributed by atoms with E-state index in [0.29, 0.717) is 0 Å². The standard InChI is InChI=1S/C14H16N4O2/c19-14(20)13-10-18(16-15-13)12-8-17(9-12)7-6-11-4-2-1-3-5-11/h1-5,10,12H,6-9H2,(H,19,20). The average molecular weight is 272 g/mol. The van der Waals surface area contributed by atoms with Crippen molar-refractivity contribution in [3.63, 3.8) is 0 Å². The smallest absolute Gasteiger partial charge is 0.358 e. The molecule has 2 heterocycles. The lowest BCUT2D eigenvalue weighted by Gasteiger charge is -2.38. The number of carboxylic acid groups (broad SMARTS) is 1. The van der Waals surface area contributed by atoms with Gasteiger partial charge in [-0.05, 0) is 12.0 Å². The molecule has 0 spiro atoms. The van der Waals surface area contributed by atoms with Gasteiger partial charge in [-0.2, -0.15) is 0 Å². The van der Waals surface area contributed by atoms with Gasteiger partial charge in [-0.15, -0.1) is 5.10 Å². The van der Waals surface area contributed by atoms with Crippen LogP contribution in [0.3, 0.4) is 0 Å². The molecule has 0 radical (unpaired) electrons. The van der Waals surface area contributed by atoms with Crippen molar-refractivity contribution in [2.24, 2.45) is 0 Å². The molecule has 0 aliphatic carbocycles. The van der Waals surface area contributed by atoms with E-state index in [1.54, 1.807) is 4.68 Å². The maximum Gasteiger partial charge on any atom is 0.358 e. The summed E-state index contributed by atoms with van der Waals surface area (Å²) in [6.45, 7) is 2.81. The summed E-state index contributed by atoms with van der Waals surface area (Å²) in [5, 5.41) is 16.3. The van der Waals surface area contributed by atoms with Crippen molar-refractivity contribution in [3.8, 4) is 0 Å². The van der Waals surface area contributed by atoms with E-state index in [1.807, 2.05) is 6.07 Å². The van der Waals surface area contributed by atoms with Gasteiger partial charge < -0.3 is 5.11 Å². The number of nitrogens with zero attached hydrogens (tertiary/aromatic N) is 4. The summed E-state index contributed by atoms with van der Waals surface area (Å²) < 4.78 is 1.66. The minimum atomic E-state index is -1.03. The van der Waals surface area contributed by atoms with Gasteiger partial charge in [-0.3, -0.25) is 4.90 Å². The highest BCUT2D eigenvalue weighted by Crippen LogP contribution is 2.20. The molecule has 3 rings (SSSR count). The van der Waals surface area contributed by atoms with Crippen molar-refractivity contribution in [2.45, 2.75) is 12.5 Å². The van der Waals surface area contributed by atoms with Crippen LogP contribution in [0.2, 0.25) is 0 Å². The zero-order chi connectivity index (χ0) is 13.9. The Hall–Kier alpha value is -2.21. The average Bonchev–Trinajstić information content (AvgIpc) is 2.88. The molecule has 1 aromatic heterocycles. The second-order valence-electron chi connectivity index (χ2n) is 5.04. The van der Waals surface area contributed by atoms with E-state index < -0.39 is 5.97 Å². The van der Waals surface area contributed by atoms with Crippen molar-refractivity contribution in [1.82, 2.24) is 19.9 Å². The van der Waals surface area contributed by atoms with Crippen LogP contribution in [0.15, 0.2) is 36.5 Å². The lowest BCUT2D eigenvalue weighted by atomic mass is 10.1. The summed E-state index contributed by atoms with van der Waals surface area (Å²) in [5.41, 5.74) is 1.35. The monoisotopic (exact) mass is 272 g/mol. The first-order valence-electron chi connectivity index (χ1n) is 6.64. The molecule has 0 saturated carbocycles. The first-order valence-corrected chi connectivity index (χ1v) is 6.64. The molecule has 6 heteroatoms. The van der Waals surface area contributed by atoms with E-state index in [9.17, 15) is 4.79 Å². The lowest BCUT2D eigenvalue weighted by Crippen LogP contribution is -2.48. The van der Waals surface area contributed by atoms with Crippen LogP contribution in [0.1, 0.15) is 22.1 Å². The molecular formula is C14H16N4O2. The third-order valence-electron chi connectivity index (χ3n) is 3.60. The number of hydrogen-bond donors (Lipinski definition) is 1. The number of likely N-dealkylation sites (tertiary alicyclic amines) is 1. The third-order valence-corrected chi connectivity index (χ3v) is 3.60. The Morgan fingerprint density at radius 3 is 2.70 bits per heavy atom. The van der Waals surface area contributed by atoms with Gasteiger partial charge in [0.1, 0.15) is 0 Å². The van der Waals surface area contributed by atoms with Gasteiger partial charge in [-0.1, -0.05) is 35.5 Å². The minimum Gasteiger partial charge on any atom is -0.476 e. The Kier molecular flexibility index (Phi) is 3.47. The van der Waals surface area contributed by atoms with E-state index >= 15 is 0 Å². The molecule has 1 N–H and O–H groups in total. The Morgan fingerprint density at radius 1 is 1.30 bits per heavy atom. The van der Waals surface area contributed by atoms with Gasteiger partial charge in [0.15, 0.2) is 5.69 Å². The predicted octanol–water partition coefficient (Wildman–Crippen LogP) is 1.08. The molecule has 1 fully saturated rings. The number of benzene rings is 1. The number of rotatable bonds is 5. The van der Waals surface area contributed by atoms with E-state index in [-0.39, 0.29) is 11.7 Å². The molecule has 0 atom stereocenters. The summed E-state index contributed by atoms with van der Waals surface area (Å²) in [6, 6.07) is 10.6. The zero-order valence-corrected chi connectivity index (χ0v) is 11.0. The van der Waals surface area contributed by atoms with Gasteiger partial charge in [0.05, 0.1) is 12.2 Å². The van der Waals surface area contributed by atoms with Crippen molar-refractivity contribution in [1.29, 1.82) is 0 Å². The van der Waals surface area contributed by atoms with E-state index in [2.05, 4.69) is 39.5 Å². The van der Waals surface area contributed by atoms with E-state index in [4.69, 9.17) is 5.11 Å². The Bertz CT molecular complexity index is 590. The van der Waals surface area contributed by atoms with Crippen LogP contribution in [-0.4, -0.2) is 50.6 Å². The molecule has 0 unspecified atom stereocenters. The van der Waals surface area contributed by atoms with Crippen LogP contribution in [0.5, 0.6) is 0 Å². The molecule has 2 aromatic rings. The number of aromatic nitrogens is 3. The highest BCUT2D eigenvalue weighted by Gasteiger charge is 2.29. The maximum absolute atomic E-state index is 10.7. The molecule has 1 aromatic carbocycles. The molecular weight excluding hydrogens is 256 g/mol. The fourth-order valence-corrected chi connectivity index (χ4v) is 2.38. The topological polar surface area (TPSA) is 71.2 Å². The molecule has 104 valence electrons. The molecule has 1 aliphatic heterocycles. The first kappa shape index (κ1) is 12.8. The van der Waals surface area contributed by atoms with Crippen molar-refractivity contribution >= 4 is 5.97 Å². The van der Waals surface area contributed by atoms with Crippen molar-refractivity contribution in [2.75, 3.05) is 19.6 Å². The Balaban J connectivity index is 1.47. The summed E-state index contributed by atoms with van der Waals surface area (Å²) in [5.74, 6) is -1.03. The Morgan fingerprint density at radius 2 is 2.05 bits per heavy atom. The summed E-state index contributed by atoms with van der Waals surface area (Å²) in [4.78, 5) is 13.1. The SMILES string of the molecule is O=C(O)c1cn(C2CN(CCc3ccccc3)C2)nn1. The van der Waals surface area contributed by atoms with E-state index in [1.165, 1.54) is 11.8 Å².